The number of carbonyl (C=O) groups excluding carboxylic acids is 2. The van der Waals surface area contributed by atoms with Crippen LogP contribution in [0, 0.1) is 17.6 Å². The van der Waals surface area contributed by atoms with Crippen molar-refractivity contribution in [3.63, 3.8) is 0 Å². The molecule has 3 aromatic rings. The average Bonchev–Trinajstić information content (AvgIpc) is 3.25. The third-order valence-electron chi connectivity index (χ3n) is 5.53. The van der Waals surface area contributed by atoms with Crippen molar-refractivity contribution in [1.29, 1.82) is 0 Å². The number of benzene rings is 1. The number of nitrogens with one attached hydrogen (secondary N) is 2. The first-order chi connectivity index (χ1) is 16.4. The molecule has 0 spiro atoms. The smallest absolute Gasteiger partial charge is 0.270 e. The molecule has 0 saturated heterocycles. The molecule has 1 unspecified atom stereocenters. The van der Waals surface area contributed by atoms with Crippen molar-refractivity contribution >= 4 is 17.6 Å². The lowest BCUT2D eigenvalue weighted by molar-refractivity contribution is -0.114. The fourth-order valence-corrected chi connectivity index (χ4v) is 3.91. The number of nitrogens with zero attached hydrogens (tertiary/aromatic N) is 3. The number of halogens is 2. The van der Waals surface area contributed by atoms with Gasteiger partial charge in [-0.25, -0.2) is 23.7 Å². The van der Waals surface area contributed by atoms with Gasteiger partial charge in [0.05, 0.1) is 24.6 Å². The number of hydrogen-bond acceptors (Lipinski definition) is 6. The van der Waals surface area contributed by atoms with E-state index in [1.54, 1.807) is 18.2 Å². The van der Waals surface area contributed by atoms with Crippen molar-refractivity contribution in [2.45, 2.75) is 32.2 Å². The Morgan fingerprint density at radius 1 is 1.03 bits per heavy atom. The van der Waals surface area contributed by atoms with Crippen LogP contribution < -0.4 is 15.4 Å². The van der Waals surface area contributed by atoms with E-state index in [0.717, 1.165) is 31.7 Å². The number of aromatic nitrogens is 3. The summed E-state index contributed by atoms with van der Waals surface area (Å²) in [7, 11) is 0. The van der Waals surface area contributed by atoms with Gasteiger partial charge in [0.2, 0.25) is 5.91 Å². The highest BCUT2D eigenvalue weighted by molar-refractivity contribution is 5.99. The zero-order valence-electron chi connectivity index (χ0n) is 18.4. The van der Waals surface area contributed by atoms with Gasteiger partial charge in [0, 0.05) is 18.9 Å². The van der Waals surface area contributed by atoms with Gasteiger partial charge in [-0.1, -0.05) is 6.42 Å². The monoisotopic (exact) mass is 467 g/mol. The highest BCUT2D eigenvalue weighted by atomic mass is 19.1. The Labute approximate surface area is 194 Å². The number of carbonyl (C=O) groups is 2. The molecule has 1 saturated carbocycles. The van der Waals surface area contributed by atoms with Crippen LogP contribution >= 0.6 is 0 Å². The van der Waals surface area contributed by atoms with Crippen molar-refractivity contribution in [2.75, 3.05) is 11.9 Å². The summed E-state index contributed by atoms with van der Waals surface area (Å²) < 4.78 is 32.2. The van der Waals surface area contributed by atoms with Crippen LogP contribution in [-0.4, -0.2) is 39.4 Å². The second-order valence-electron chi connectivity index (χ2n) is 8.03. The second-order valence-corrected chi connectivity index (χ2v) is 8.03. The van der Waals surface area contributed by atoms with E-state index in [0.29, 0.717) is 17.9 Å². The van der Waals surface area contributed by atoms with Crippen molar-refractivity contribution in [3.05, 3.63) is 66.1 Å². The van der Waals surface area contributed by atoms with E-state index in [1.807, 2.05) is 0 Å². The van der Waals surface area contributed by atoms with Crippen LogP contribution in [0.15, 0.2) is 48.8 Å². The molecule has 0 bridgehead atoms. The van der Waals surface area contributed by atoms with Crippen LogP contribution in [0.2, 0.25) is 0 Å². The molecule has 0 radical (unpaired) electrons. The topological polar surface area (TPSA) is 106 Å². The third-order valence-corrected chi connectivity index (χ3v) is 5.53. The maximum absolute atomic E-state index is 13.3. The predicted molar refractivity (Wildman–Crippen MR) is 120 cm³/mol. The molecule has 2 heterocycles. The van der Waals surface area contributed by atoms with Crippen molar-refractivity contribution in [1.82, 2.24) is 20.3 Å². The molecule has 34 heavy (non-hydrogen) atoms. The lowest BCUT2D eigenvalue weighted by atomic mass is 10.0. The van der Waals surface area contributed by atoms with E-state index >= 15 is 0 Å². The van der Waals surface area contributed by atoms with E-state index < -0.39 is 11.7 Å². The maximum atomic E-state index is 13.3. The minimum absolute atomic E-state index is 0.0166. The van der Waals surface area contributed by atoms with E-state index in [1.165, 1.54) is 25.1 Å². The van der Waals surface area contributed by atoms with Crippen LogP contribution in [0.3, 0.4) is 0 Å². The molecule has 1 aliphatic carbocycles. The lowest BCUT2D eigenvalue weighted by Crippen LogP contribution is -2.40. The number of hydrogen-bond donors (Lipinski definition) is 2. The van der Waals surface area contributed by atoms with Crippen molar-refractivity contribution in [2.24, 2.45) is 5.92 Å². The zero-order chi connectivity index (χ0) is 24.1. The fourth-order valence-electron chi connectivity index (χ4n) is 3.91. The summed E-state index contributed by atoms with van der Waals surface area (Å²) in [6.07, 6.45) is 4.54. The molecule has 2 aromatic heterocycles. The van der Waals surface area contributed by atoms with Gasteiger partial charge in [-0.3, -0.25) is 9.59 Å². The number of pyridine rings is 1. The average molecular weight is 467 g/mol. The standard InChI is InChI=1S/C24H23F2N5O3/c1-14(32)29-21-10-9-19(23-27-11-17(26)12-28-23)22(31-21)24(33)30-20-4-2-3-15(20)13-34-18-7-5-16(25)6-8-18/h5-12,15,20H,2-4,13H2,1H3,(H,30,33)(H,29,31,32)/t15-,20?/m1/s1. The Hall–Kier alpha value is -3.95. The molecule has 2 atom stereocenters. The molecule has 1 aliphatic rings. The minimum atomic E-state index is -0.604. The van der Waals surface area contributed by atoms with Gasteiger partial charge in [0.1, 0.15) is 23.1 Å². The molecule has 176 valence electrons. The summed E-state index contributed by atoms with van der Waals surface area (Å²) in [5.74, 6) is -0.799. The molecule has 10 heteroatoms. The molecular formula is C24H23F2N5O3. The van der Waals surface area contributed by atoms with Gasteiger partial charge in [-0.05, 0) is 49.2 Å². The second kappa shape index (κ2) is 10.3. The Morgan fingerprint density at radius 3 is 2.47 bits per heavy atom. The zero-order valence-corrected chi connectivity index (χ0v) is 18.4. The molecule has 4 rings (SSSR count). The summed E-state index contributed by atoms with van der Waals surface area (Å²) in [5.41, 5.74) is 0.326. The van der Waals surface area contributed by atoms with Gasteiger partial charge >= 0.3 is 0 Å². The summed E-state index contributed by atoms with van der Waals surface area (Å²) >= 11 is 0. The van der Waals surface area contributed by atoms with Crippen LogP contribution in [0.25, 0.3) is 11.4 Å². The molecule has 2 N–H and O–H groups in total. The highest BCUT2D eigenvalue weighted by Crippen LogP contribution is 2.28. The Balaban J connectivity index is 1.52. The molecule has 0 aliphatic heterocycles. The van der Waals surface area contributed by atoms with Gasteiger partial charge in [0.15, 0.2) is 11.6 Å². The SMILES string of the molecule is CC(=O)Nc1ccc(-c2ncc(F)cn2)c(C(=O)NC2CCC[C@@H]2COc2ccc(F)cc2)n1. The molecule has 1 fully saturated rings. The number of amides is 2. The largest absolute Gasteiger partial charge is 0.493 e. The first-order valence-corrected chi connectivity index (χ1v) is 10.8. The van der Waals surface area contributed by atoms with Gasteiger partial charge in [-0.2, -0.15) is 0 Å². The quantitative estimate of drug-likeness (QED) is 0.548. The van der Waals surface area contributed by atoms with Crippen molar-refractivity contribution in [3.8, 4) is 17.1 Å². The third kappa shape index (κ3) is 5.69. The minimum Gasteiger partial charge on any atom is -0.493 e. The van der Waals surface area contributed by atoms with E-state index in [2.05, 4.69) is 25.6 Å². The van der Waals surface area contributed by atoms with Gasteiger partial charge in [-0.15, -0.1) is 0 Å². The number of rotatable bonds is 7. The normalized spacial score (nSPS) is 17.3. The first kappa shape index (κ1) is 23.2. The Kier molecular flexibility index (Phi) is 7.05. The van der Waals surface area contributed by atoms with Crippen LogP contribution in [0.5, 0.6) is 5.75 Å². The van der Waals surface area contributed by atoms with Crippen molar-refractivity contribution < 1.29 is 23.1 Å². The fraction of sp³-hybridized carbons (Fsp3) is 0.292. The predicted octanol–water partition coefficient (Wildman–Crippen LogP) is 3.75. The summed E-state index contributed by atoms with van der Waals surface area (Å²) in [6, 6.07) is 8.70. The molecular weight excluding hydrogens is 444 g/mol. The van der Waals surface area contributed by atoms with Crippen LogP contribution in [0.4, 0.5) is 14.6 Å². The van der Waals surface area contributed by atoms with Gasteiger partial charge < -0.3 is 15.4 Å². The molecule has 2 amide bonds. The molecule has 1 aromatic carbocycles. The van der Waals surface area contributed by atoms with Gasteiger partial charge in [0.25, 0.3) is 5.91 Å². The number of anilines is 1. The van der Waals surface area contributed by atoms with Crippen LogP contribution in [-0.2, 0) is 4.79 Å². The Bertz CT molecular complexity index is 1170. The Morgan fingerprint density at radius 2 is 1.76 bits per heavy atom. The summed E-state index contributed by atoms with van der Waals surface area (Å²) in [4.78, 5) is 36.9. The van der Waals surface area contributed by atoms with E-state index in [4.69, 9.17) is 4.74 Å². The van der Waals surface area contributed by atoms with E-state index in [-0.39, 0.29) is 41.0 Å². The maximum Gasteiger partial charge on any atom is 0.270 e. The number of ether oxygens (including phenoxy) is 1. The molecule has 8 nitrogen and oxygen atoms in total. The summed E-state index contributed by atoms with van der Waals surface area (Å²) in [5, 5.41) is 5.56. The summed E-state index contributed by atoms with van der Waals surface area (Å²) in [6.45, 7) is 1.70. The lowest BCUT2D eigenvalue weighted by Gasteiger charge is -2.22. The van der Waals surface area contributed by atoms with E-state index in [9.17, 15) is 18.4 Å². The first-order valence-electron chi connectivity index (χ1n) is 10.8. The highest BCUT2D eigenvalue weighted by Gasteiger charge is 2.31. The van der Waals surface area contributed by atoms with Crippen LogP contribution in [0.1, 0.15) is 36.7 Å².